The third-order valence-electron chi connectivity index (χ3n) is 4.31. The van der Waals surface area contributed by atoms with Crippen LogP contribution >= 0.6 is 0 Å². The highest BCUT2D eigenvalue weighted by atomic mass is 19.1. The van der Waals surface area contributed by atoms with E-state index >= 15 is 0 Å². The molecule has 23 heavy (non-hydrogen) atoms. The SMILES string of the molecule is Cc1c2c(cn(Cc3ccc(F)cc3F)c1=O)NC(=O)C2(C)C. The van der Waals surface area contributed by atoms with Crippen LogP contribution in [-0.4, -0.2) is 10.5 Å². The topological polar surface area (TPSA) is 51.1 Å². The highest BCUT2D eigenvalue weighted by molar-refractivity contribution is 6.05. The molecule has 1 aliphatic heterocycles. The lowest BCUT2D eigenvalue weighted by molar-refractivity contribution is -0.119. The molecule has 0 unspecified atom stereocenters. The number of carbonyl (C=O) groups excluding carboxylic acids is 1. The van der Waals surface area contributed by atoms with Gasteiger partial charge in [0.25, 0.3) is 5.56 Å². The molecule has 1 amide bonds. The van der Waals surface area contributed by atoms with Crippen molar-refractivity contribution in [3.8, 4) is 0 Å². The summed E-state index contributed by atoms with van der Waals surface area (Å²) in [4.78, 5) is 24.6. The molecule has 120 valence electrons. The summed E-state index contributed by atoms with van der Waals surface area (Å²) in [7, 11) is 0. The second-order valence-electron chi connectivity index (χ2n) is 6.29. The molecule has 0 bridgehead atoms. The minimum atomic E-state index is -0.779. The molecule has 1 aromatic heterocycles. The van der Waals surface area contributed by atoms with E-state index in [0.29, 0.717) is 16.8 Å². The van der Waals surface area contributed by atoms with Gasteiger partial charge in [-0.25, -0.2) is 8.78 Å². The number of carbonyl (C=O) groups is 1. The zero-order chi connectivity index (χ0) is 16.9. The van der Waals surface area contributed by atoms with Crippen molar-refractivity contribution in [2.75, 3.05) is 5.32 Å². The molecule has 6 heteroatoms. The number of rotatable bonds is 2. The maximum Gasteiger partial charge on any atom is 0.254 e. The van der Waals surface area contributed by atoms with Gasteiger partial charge in [-0.3, -0.25) is 9.59 Å². The zero-order valence-corrected chi connectivity index (χ0v) is 13.0. The quantitative estimate of drug-likeness (QED) is 0.925. The van der Waals surface area contributed by atoms with Crippen molar-refractivity contribution < 1.29 is 13.6 Å². The molecule has 0 radical (unpaired) electrons. The summed E-state index contributed by atoms with van der Waals surface area (Å²) in [6.45, 7) is 5.13. The van der Waals surface area contributed by atoms with Gasteiger partial charge in [-0.05, 0) is 26.8 Å². The van der Waals surface area contributed by atoms with Gasteiger partial charge in [0.05, 0.1) is 17.6 Å². The summed E-state index contributed by atoms with van der Waals surface area (Å²) >= 11 is 0. The molecule has 2 heterocycles. The third-order valence-corrected chi connectivity index (χ3v) is 4.31. The van der Waals surface area contributed by atoms with E-state index in [9.17, 15) is 18.4 Å². The molecule has 1 aromatic carbocycles. The zero-order valence-electron chi connectivity index (χ0n) is 13.0. The number of aromatic nitrogens is 1. The van der Waals surface area contributed by atoms with E-state index in [2.05, 4.69) is 5.32 Å². The Bertz CT molecular complexity index is 885. The van der Waals surface area contributed by atoms with Gasteiger partial charge < -0.3 is 9.88 Å². The average molecular weight is 318 g/mol. The molecule has 0 saturated heterocycles. The monoisotopic (exact) mass is 318 g/mol. The highest BCUT2D eigenvalue weighted by Crippen LogP contribution is 2.38. The number of nitrogens with zero attached hydrogens (tertiary/aromatic N) is 1. The van der Waals surface area contributed by atoms with E-state index in [-0.39, 0.29) is 23.6 Å². The second-order valence-corrected chi connectivity index (χ2v) is 6.29. The Morgan fingerprint density at radius 2 is 1.91 bits per heavy atom. The fraction of sp³-hybridized carbons (Fsp3) is 0.294. The smallest absolute Gasteiger partial charge is 0.254 e. The first-order chi connectivity index (χ1) is 10.7. The van der Waals surface area contributed by atoms with E-state index < -0.39 is 17.0 Å². The van der Waals surface area contributed by atoms with Gasteiger partial charge in [-0.2, -0.15) is 0 Å². The van der Waals surface area contributed by atoms with Crippen LogP contribution in [0.2, 0.25) is 0 Å². The second kappa shape index (κ2) is 5.01. The molecular formula is C17H16F2N2O2. The fourth-order valence-corrected chi connectivity index (χ4v) is 3.05. The van der Waals surface area contributed by atoms with Gasteiger partial charge in [0.2, 0.25) is 5.91 Å². The summed E-state index contributed by atoms with van der Waals surface area (Å²) in [5.41, 5.74) is 0.809. The number of fused-ring (bicyclic) bond motifs is 1. The summed E-state index contributed by atoms with van der Waals surface area (Å²) in [6, 6.07) is 3.24. The van der Waals surface area contributed by atoms with Gasteiger partial charge in [-0.1, -0.05) is 6.07 Å². The van der Waals surface area contributed by atoms with Crippen LogP contribution < -0.4 is 10.9 Å². The maximum absolute atomic E-state index is 13.8. The molecule has 0 atom stereocenters. The average Bonchev–Trinajstić information content (AvgIpc) is 2.68. The first kappa shape index (κ1) is 15.4. The molecule has 0 aliphatic carbocycles. The van der Waals surface area contributed by atoms with E-state index in [1.165, 1.54) is 16.8 Å². The number of amides is 1. The standard InChI is InChI=1S/C17H16F2N2O2/c1-9-14-13(20-16(23)17(14,2)3)8-21(15(9)22)7-10-4-5-11(18)6-12(10)19/h4-6,8H,7H2,1-3H3,(H,20,23). The Kier molecular flexibility index (Phi) is 3.35. The molecule has 2 aromatic rings. The Labute approximate surface area is 131 Å². The van der Waals surface area contributed by atoms with E-state index in [1.54, 1.807) is 20.8 Å². The highest BCUT2D eigenvalue weighted by Gasteiger charge is 2.40. The largest absolute Gasteiger partial charge is 0.324 e. The lowest BCUT2D eigenvalue weighted by Gasteiger charge is -2.18. The van der Waals surface area contributed by atoms with Crippen molar-refractivity contribution in [2.24, 2.45) is 0 Å². The molecule has 0 saturated carbocycles. The van der Waals surface area contributed by atoms with E-state index in [4.69, 9.17) is 0 Å². The van der Waals surface area contributed by atoms with Crippen LogP contribution in [0.4, 0.5) is 14.5 Å². The lowest BCUT2D eigenvalue weighted by atomic mass is 9.84. The maximum atomic E-state index is 13.8. The Morgan fingerprint density at radius 3 is 2.57 bits per heavy atom. The van der Waals surface area contributed by atoms with E-state index in [0.717, 1.165) is 12.1 Å². The van der Waals surface area contributed by atoms with E-state index in [1.807, 2.05) is 0 Å². The number of anilines is 1. The first-order valence-corrected chi connectivity index (χ1v) is 7.21. The predicted octanol–water partition coefficient (Wildman–Crippen LogP) is 2.71. The number of nitrogens with one attached hydrogen (secondary N) is 1. The molecule has 4 nitrogen and oxygen atoms in total. The first-order valence-electron chi connectivity index (χ1n) is 7.21. The van der Waals surface area contributed by atoms with Gasteiger partial charge in [0.15, 0.2) is 0 Å². The molecule has 0 spiro atoms. The van der Waals surface area contributed by atoms with Crippen LogP contribution in [0.15, 0.2) is 29.2 Å². The van der Waals surface area contributed by atoms with Crippen LogP contribution in [0, 0.1) is 18.6 Å². The van der Waals surface area contributed by atoms with Crippen molar-refractivity contribution in [3.63, 3.8) is 0 Å². The summed E-state index contributed by atoms with van der Waals surface area (Å²) < 4.78 is 28.1. The normalized spacial score (nSPS) is 15.4. The molecular weight excluding hydrogens is 302 g/mol. The van der Waals surface area contributed by atoms with Gasteiger partial charge in [-0.15, -0.1) is 0 Å². The summed E-state index contributed by atoms with van der Waals surface area (Å²) in [6.07, 6.45) is 1.51. The van der Waals surface area contributed by atoms with Crippen molar-refractivity contribution in [2.45, 2.75) is 32.7 Å². The summed E-state index contributed by atoms with van der Waals surface area (Å²) in [5.74, 6) is -1.56. The Balaban J connectivity index is 2.10. The van der Waals surface area contributed by atoms with Crippen LogP contribution in [0.3, 0.4) is 0 Å². The minimum Gasteiger partial charge on any atom is -0.324 e. The minimum absolute atomic E-state index is 0.0324. The number of hydrogen-bond acceptors (Lipinski definition) is 2. The Hall–Kier alpha value is -2.50. The van der Waals surface area contributed by atoms with Crippen LogP contribution in [-0.2, 0) is 16.8 Å². The summed E-state index contributed by atoms with van der Waals surface area (Å²) in [5, 5.41) is 2.75. The Morgan fingerprint density at radius 1 is 1.22 bits per heavy atom. The number of halogens is 2. The van der Waals surface area contributed by atoms with Crippen molar-refractivity contribution >= 4 is 11.6 Å². The fourth-order valence-electron chi connectivity index (χ4n) is 3.05. The molecule has 3 rings (SSSR count). The van der Waals surface area contributed by atoms with Gasteiger partial charge >= 0.3 is 0 Å². The van der Waals surface area contributed by atoms with Crippen LogP contribution in [0.1, 0.15) is 30.5 Å². The van der Waals surface area contributed by atoms with Crippen LogP contribution in [0.25, 0.3) is 0 Å². The van der Waals surface area contributed by atoms with Gasteiger partial charge in [0, 0.05) is 29.0 Å². The van der Waals surface area contributed by atoms with Crippen molar-refractivity contribution in [1.29, 1.82) is 0 Å². The predicted molar refractivity (Wildman–Crippen MR) is 82.6 cm³/mol. The molecule has 1 N–H and O–H groups in total. The molecule has 1 aliphatic rings. The number of pyridine rings is 1. The van der Waals surface area contributed by atoms with Gasteiger partial charge in [0.1, 0.15) is 11.6 Å². The molecule has 0 fully saturated rings. The third kappa shape index (κ3) is 2.34. The van der Waals surface area contributed by atoms with Crippen molar-refractivity contribution in [3.05, 3.63) is 63.1 Å². The van der Waals surface area contributed by atoms with Crippen molar-refractivity contribution in [1.82, 2.24) is 4.57 Å². The number of benzene rings is 1. The van der Waals surface area contributed by atoms with Crippen LogP contribution in [0.5, 0.6) is 0 Å². The lowest BCUT2D eigenvalue weighted by Crippen LogP contribution is -2.30. The number of hydrogen-bond donors (Lipinski definition) is 1.